The highest BCUT2D eigenvalue weighted by molar-refractivity contribution is 5.87. The highest BCUT2D eigenvalue weighted by Gasteiger charge is 2.06. The Morgan fingerprint density at radius 3 is 2.76 bits per heavy atom. The average Bonchev–Trinajstić information content (AvgIpc) is 2.51. The Morgan fingerprint density at radius 1 is 1.14 bits per heavy atom. The number of phenolic OH excluding ortho intramolecular Hbond substituents is 1. The summed E-state index contributed by atoms with van der Waals surface area (Å²) in [6.45, 7) is 3.90. The molecule has 0 spiro atoms. The highest BCUT2D eigenvalue weighted by Crippen LogP contribution is 2.26. The Bertz CT molecular complexity index is 611. The van der Waals surface area contributed by atoms with Crippen LogP contribution >= 0.6 is 0 Å². The van der Waals surface area contributed by atoms with E-state index in [1.54, 1.807) is 6.07 Å². The van der Waals surface area contributed by atoms with Crippen molar-refractivity contribution in [3.63, 3.8) is 0 Å². The first kappa shape index (κ1) is 15.3. The maximum Gasteiger partial charge on any atom is 0.221 e. The van der Waals surface area contributed by atoms with Crippen LogP contribution in [0.3, 0.4) is 0 Å². The molecule has 0 bridgehead atoms. The molecule has 3 N–H and O–H groups in total. The van der Waals surface area contributed by atoms with E-state index in [1.165, 1.54) is 0 Å². The molecule has 1 amide bonds. The molecular weight excluding hydrogens is 264 g/mol. The average molecular weight is 286 g/mol. The van der Waals surface area contributed by atoms with Crippen LogP contribution in [-0.2, 0) is 11.3 Å². The second-order valence-corrected chi connectivity index (χ2v) is 5.06. The maximum atomic E-state index is 11.5. The van der Waals surface area contributed by atoms with Gasteiger partial charge in [0, 0.05) is 31.6 Å². The van der Waals surface area contributed by atoms with Gasteiger partial charge in [0.05, 0.1) is 0 Å². The number of carbonyl (C=O) groups excluding carboxylic acids is 1. The van der Waals surface area contributed by atoms with Crippen molar-refractivity contribution >= 4 is 16.7 Å². The van der Waals surface area contributed by atoms with Gasteiger partial charge in [-0.3, -0.25) is 4.79 Å². The van der Waals surface area contributed by atoms with Crippen LogP contribution in [0.2, 0.25) is 0 Å². The zero-order chi connectivity index (χ0) is 15.1. The molecule has 4 heteroatoms. The summed E-state index contributed by atoms with van der Waals surface area (Å²) in [5.74, 6) is 0.350. The van der Waals surface area contributed by atoms with Gasteiger partial charge in [-0.1, -0.05) is 37.3 Å². The van der Waals surface area contributed by atoms with Crippen molar-refractivity contribution in [1.29, 1.82) is 0 Å². The Labute approximate surface area is 125 Å². The minimum Gasteiger partial charge on any atom is -0.508 e. The first-order valence-electron chi connectivity index (χ1n) is 7.39. The molecule has 0 saturated heterocycles. The zero-order valence-electron chi connectivity index (χ0n) is 12.4. The Hall–Kier alpha value is -2.07. The summed E-state index contributed by atoms with van der Waals surface area (Å²) in [4.78, 5) is 11.5. The molecule has 0 radical (unpaired) electrons. The minimum atomic E-state index is 0.0616. The molecule has 0 aliphatic heterocycles. The van der Waals surface area contributed by atoms with Crippen molar-refractivity contribution in [3.8, 4) is 5.75 Å². The molecule has 4 nitrogen and oxygen atoms in total. The topological polar surface area (TPSA) is 61.4 Å². The monoisotopic (exact) mass is 286 g/mol. The first-order chi connectivity index (χ1) is 10.2. The summed E-state index contributed by atoms with van der Waals surface area (Å²) in [6.07, 6.45) is 1.40. The molecule has 2 rings (SSSR count). The lowest BCUT2D eigenvalue weighted by Crippen LogP contribution is -2.28. The van der Waals surface area contributed by atoms with E-state index >= 15 is 0 Å². The van der Waals surface area contributed by atoms with Crippen molar-refractivity contribution in [3.05, 3.63) is 42.0 Å². The van der Waals surface area contributed by atoms with Crippen molar-refractivity contribution in [2.45, 2.75) is 26.3 Å². The second-order valence-electron chi connectivity index (χ2n) is 5.06. The summed E-state index contributed by atoms with van der Waals surface area (Å²) in [5.41, 5.74) is 0.877. The van der Waals surface area contributed by atoms with E-state index in [0.29, 0.717) is 19.5 Å². The number of carbonyl (C=O) groups is 1. The summed E-state index contributed by atoms with van der Waals surface area (Å²) in [7, 11) is 0. The van der Waals surface area contributed by atoms with Gasteiger partial charge in [0.25, 0.3) is 0 Å². The predicted octanol–water partition coefficient (Wildman–Crippen LogP) is 2.55. The van der Waals surface area contributed by atoms with E-state index in [4.69, 9.17) is 0 Å². The van der Waals surface area contributed by atoms with Gasteiger partial charge < -0.3 is 15.7 Å². The summed E-state index contributed by atoms with van der Waals surface area (Å²) < 4.78 is 0. The van der Waals surface area contributed by atoms with Gasteiger partial charge in [-0.25, -0.2) is 0 Å². The number of benzene rings is 2. The molecule has 0 unspecified atom stereocenters. The van der Waals surface area contributed by atoms with Gasteiger partial charge >= 0.3 is 0 Å². The molecule has 2 aromatic rings. The lowest BCUT2D eigenvalue weighted by Gasteiger charge is -2.10. The van der Waals surface area contributed by atoms with Crippen LogP contribution in [0.15, 0.2) is 36.4 Å². The van der Waals surface area contributed by atoms with Gasteiger partial charge in [-0.05, 0) is 23.3 Å². The molecule has 0 heterocycles. The molecular formula is C17H22N2O2. The molecule has 0 aliphatic rings. The minimum absolute atomic E-state index is 0.0616. The third-order valence-electron chi connectivity index (χ3n) is 3.42. The van der Waals surface area contributed by atoms with E-state index in [-0.39, 0.29) is 11.7 Å². The molecule has 0 atom stereocenters. The molecule has 21 heavy (non-hydrogen) atoms. The van der Waals surface area contributed by atoms with Gasteiger partial charge in [0.1, 0.15) is 5.75 Å². The standard InChI is InChI=1S/C17H22N2O2/c1-2-10-19-17(21)9-11-18-12-15-14-6-4-3-5-13(14)7-8-16(15)20/h3-8,18,20H,2,9-12H2,1H3,(H,19,21). The van der Waals surface area contributed by atoms with Gasteiger partial charge in [0.2, 0.25) is 5.91 Å². The number of rotatable bonds is 7. The van der Waals surface area contributed by atoms with E-state index in [2.05, 4.69) is 10.6 Å². The third kappa shape index (κ3) is 4.20. The summed E-state index contributed by atoms with van der Waals surface area (Å²) in [5, 5.41) is 18.2. The van der Waals surface area contributed by atoms with E-state index in [0.717, 1.165) is 29.3 Å². The Morgan fingerprint density at radius 2 is 1.95 bits per heavy atom. The maximum absolute atomic E-state index is 11.5. The van der Waals surface area contributed by atoms with Crippen molar-refractivity contribution < 1.29 is 9.90 Å². The van der Waals surface area contributed by atoms with Crippen LogP contribution in [0.5, 0.6) is 5.75 Å². The van der Waals surface area contributed by atoms with Gasteiger partial charge in [0.15, 0.2) is 0 Å². The number of aromatic hydroxyl groups is 1. The van der Waals surface area contributed by atoms with Crippen molar-refractivity contribution in [2.75, 3.05) is 13.1 Å². The fourth-order valence-corrected chi connectivity index (χ4v) is 2.28. The number of hydrogen-bond donors (Lipinski definition) is 3. The van der Waals surface area contributed by atoms with E-state index in [1.807, 2.05) is 37.3 Å². The second kappa shape index (κ2) is 7.64. The molecule has 2 aromatic carbocycles. The first-order valence-corrected chi connectivity index (χ1v) is 7.39. The SMILES string of the molecule is CCCNC(=O)CCNCc1c(O)ccc2ccccc12. The zero-order valence-corrected chi connectivity index (χ0v) is 12.4. The van der Waals surface area contributed by atoms with Gasteiger partial charge in [-0.2, -0.15) is 0 Å². The normalized spacial score (nSPS) is 10.7. The number of nitrogens with one attached hydrogen (secondary N) is 2. The van der Waals surface area contributed by atoms with Crippen LogP contribution in [0.1, 0.15) is 25.3 Å². The quantitative estimate of drug-likeness (QED) is 0.686. The largest absolute Gasteiger partial charge is 0.508 e. The van der Waals surface area contributed by atoms with E-state index < -0.39 is 0 Å². The predicted molar refractivity (Wildman–Crippen MR) is 85.2 cm³/mol. The highest BCUT2D eigenvalue weighted by atomic mass is 16.3. The van der Waals surface area contributed by atoms with Crippen molar-refractivity contribution in [2.24, 2.45) is 0 Å². The summed E-state index contributed by atoms with van der Waals surface area (Å²) >= 11 is 0. The smallest absolute Gasteiger partial charge is 0.221 e. The number of amides is 1. The van der Waals surface area contributed by atoms with Crippen LogP contribution in [-0.4, -0.2) is 24.1 Å². The number of hydrogen-bond acceptors (Lipinski definition) is 3. The summed E-state index contributed by atoms with van der Waals surface area (Å²) in [6, 6.07) is 11.6. The molecule has 0 aromatic heterocycles. The van der Waals surface area contributed by atoms with Crippen LogP contribution in [0.25, 0.3) is 10.8 Å². The van der Waals surface area contributed by atoms with Crippen LogP contribution in [0.4, 0.5) is 0 Å². The lowest BCUT2D eigenvalue weighted by molar-refractivity contribution is -0.120. The van der Waals surface area contributed by atoms with Crippen molar-refractivity contribution in [1.82, 2.24) is 10.6 Å². The fourth-order valence-electron chi connectivity index (χ4n) is 2.28. The van der Waals surface area contributed by atoms with E-state index in [9.17, 15) is 9.90 Å². The Kier molecular flexibility index (Phi) is 5.58. The molecule has 112 valence electrons. The third-order valence-corrected chi connectivity index (χ3v) is 3.42. The van der Waals surface area contributed by atoms with Gasteiger partial charge in [-0.15, -0.1) is 0 Å². The number of fused-ring (bicyclic) bond motifs is 1. The Balaban J connectivity index is 1.92. The fraction of sp³-hybridized carbons (Fsp3) is 0.353. The molecule has 0 saturated carbocycles. The lowest BCUT2D eigenvalue weighted by atomic mass is 10.0. The molecule has 0 fully saturated rings. The molecule has 0 aliphatic carbocycles. The van der Waals surface area contributed by atoms with Crippen LogP contribution in [0, 0.1) is 0 Å². The number of phenols is 1. The van der Waals surface area contributed by atoms with Crippen LogP contribution < -0.4 is 10.6 Å².